The second-order valence-corrected chi connectivity index (χ2v) is 6.25. The van der Waals surface area contributed by atoms with Gasteiger partial charge in [0.15, 0.2) is 0 Å². The first-order chi connectivity index (χ1) is 10.9. The smallest absolute Gasteiger partial charge is 0.245 e. The van der Waals surface area contributed by atoms with Gasteiger partial charge in [0.1, 0.15) is 6.04 Å². The highest BCUT2D eigenvalue weighted by Crippen LogP contribution is 2.20. The molecule has 2 aromatic carbocycles. The van der Waals surface area contributed by atoms with Gasteiger partial charge in [-0.25, -0.2) is 0 Å². The molecule has 1 unspecified atom stereocenters. The molecule has 0 aliphatic rings. The van der Waals surface area contributed by atoms with Crippen LogP contribution < -0.4 is 5.32 Å². The highest BCUT2D eigenvalue weighted by atomic mass is 16.2. The molecule has 0 bridgehead atoms. The van der Waals surface area contributed by atoms with Crippen LogP contribution >= 0.6 is 0 Å². The number of carbonyl (C=O) groups excluding carboxylic acids is 2. The molecule has 0 fully saturated rings. The third-order valence-electron chi connectivity index (χ3n) is 3.96. The molecule has 2 rings (SSSR count). The van der Waals surface area contributed by atoms with E-state index in [2.05, 4.69) is 23.5 Å². The molecule has 1 N–H and O–H groups in total. The summed E-state index contributed by atoms with van der Waals surface area (Å²) in [7, 11) is 1.78. The molecule has 0 spiro atoms. The Labute approximate surface area is 137 Å². The number of amides is 2. The van der Waals surface area contributed by atoms with Crippen molar-refractivity contribution in [1.29, 1.82) is 0 Å². The van der Waals surface area contributed by atoms with Crippen LogP contribution in [0.2, 0.25) is 0 Å². The molecule has 0 saturated carbocycles. The van der Waals surface area contributed by atoms with Crippen molar-refractivity contribution in [3.63, 3.8) is 0 Å². The minimum atomic E-state index is -0.493. The van der Waals surface area contributed by atoms with Crippen molar-refractivity contribution in [1.82, 2.24) is 10.2 Å². The Morgan fingerprint density at radius 1 is 1.09 bits per heavy atom. The van der Waals surface area contributed by atoms with E-state index in [0.29, 0.717) is 6.54 Å². The fourth-order valence-electron chi connectivity index (χ4n) is 2.73. The van der Waals surface area contributed by atoms with E-state index in [0.717, 1.165) is 16.3 Å². The molecular weight excluding hydrogens is 288 g/mol. The van der Waals surface area contributed by atoms with E-state index in [1.807, 2.05) is 38.1 Å². The Kier molecular flexibility index (Phi) is 5.37. The predicted molar refractivity (Wildman–Crippen MR) is 92.9 cm³/mol. The maximum Gasteiger partial charge on any atom is 0.245 e. The number of likely N-dealkylation sites (N-methyl/N-ethyl adjacent to an activating group) is 1. The number of hydrogen-bond acceptors (Lipinski definition) is 2. The van der Waals surface area contributed by atoms with E-state index in [1.54, 1.807) is 11.9 Å². The highest BCUT2D eigenvalue weighted by Gasteiger charge is 2.26. The van der Waals surface area contributed by atoms with E-state index < -0.39 is 6.04 Å². The van der Waals surface area contributed by atoms with Crippen LogP contribution in [0.4, 0.5) is 0 Å². The van der Waals surface area contributed by atoms with Crippen molar-refractivity contribution >= 4 is 22.6 Å². The van der Waals surface area contributed by atoms with Crippen LogP contribution in [0.25, 0.3) is 10.8 Å². The van der Waals surface area contributed by atoms with Gasteiger partial charge < -0.3 is 10.2 Å². The minimum Gasteiger partial charge on any atom is -0.344 e. The number of hydrogen-bond donors (Lipinski definition) is 1. The van der Waals surface area contributed by atoms with Crippen LogP contribution in [-0.2, 0) is 16.1 Å². The van der Waals surface area contributed by atoms with Crippen molar-refractivity contribution in [3.05, 3.63) is 48.0 Å². The fraction of sp³-hybridized carbons (Fsp3) is 0.368. The molecule has 122 valence electrons. The van der Waals surface area contributed by atoms with E-state index in [-0.39, 0.29) is 17.7 Å². The molecule has 2 amide bonds. The Balaban J connectivity index is 2.21. The summed E-state index contributed by atoms with van der Waals surface area (Å²) in [6, 6.07) is 13.8. The lowest BCUT2D eigenvalue weighted by molar-refractivity contribution is -0.136. The molecule has 0 aliphatic carbocycles. The summed E-state index contributed by atoms with van der Waals surface area (Å²) in [5.41, 5.74) is 1.10. The lowest BCUT2D eigenvalue weighted by Gasteiger charge is -2.27. The molecule has 0 saturated heterocycles. The van der Waals surface area contributed by atoms with Crippen LogP contribution in [0, 0.1) is 5.92 Å². The first-order valence-electron chi connectivity index (χ1n) is 7.89. The number of rotatable bonds is 5. The maximum absolute atomic E-state index is 12.7. The lowest BCUT2D eigenvalue weighted by atomic mass is 10.0. The van der Waals surface area contributed by atoms with Crippen LogP contribution in [0.5, 0.6) is 0 Å². The lowest BCUT2D eigenvalue weighted by Crippen LogP contribution is -2.49. The van der Waals surface area contributed by atoms with Gasteiger partial charge in [-0.1, -0.05) is 56.3 Å². The molecule has 2 aromatic rings. The number of benzene rings is 2. The molecule has 4 nitrogen and oxygen atoms in total. The third-order valence-corrected chi connectivity index (χ3v) is 3.96. The Bertz CT molecular complexity index is 704. The summed E-state index contributed by atoms with van der Waals surface area (Å²) in [6.45, 7) is 5.82. The monoisotopic (exact) mass is 312 g/mol. The van der Waals surface area contributed by atoms with Crippen molar-refractivity contribution in [2.75, 3.05) is 7.05 Å². The number of nitrogens with zero attached hydrogens (tertiary/aromatic N) is 1. The highest BCUT2D eigenvalue weighted by molar-refractivity contribution is 5.88. The zero-order valence-corrected chi connectivity index (χ0v) is 14.2. The summed E-state index contributed by atoms with van der Waals surface area (Å²) in [4.78, 5) is 25.7. The second kappa shape index (κ2) is 7.27. The Morgan fingerprint density at radius 2 is 1.74 bits per heavy atom. The maximum atomic E-state index is 12.7. The summed E-state index contributed by atoms with van der Waals surface area (Å²) in [5, 5.41) is 5.06. The van der Waals surface area contributed by atoms with Crippen molar-refractivity contribution in [3.8, 4) is 0 Å². The van der Waals surface area contributed by atoms with Crippen molar-refractivity contribution < 1.29 is 9.59 Å². The van der Waals surface area contributed by atoms with Gasteiger partial charge in [0.05, 0.1) is 0 Å². The van der Waals surface area contributed by atoms with Gasteiger partial charge in [0.25, 0.3) is 0 Å². The minimum absolute atomic E-state index is 0.0429. The van der Waals surface area contributed by atoms with Crippen LogP contribution in [0.3, 0.4) is 0 Å². The molecule has 0 aliphatic heterocycles. The van der Waals surface area contributed by atoms with Gasteiger partial charge >= 0.3 is 0 Å². The topological polar surface area (TPSA) is 49.4 Å². The number of fused-ring (bicyclic) bond motifs is 1. The first kappa shape index (κ1) is 17.0. The predicted octanol–water partition coefficient (Wildman–Crippen LogP) is 2.96. The van der Waals surface area contributed by atoms with Gasteiger partial charge in [0.2, 0.25) is 11.8 Å². The van der Waals surface area contributed by atoms with Crippen molar-refractivity contribution in [2.24, 2.45) is 5.92 Å². The van der Waals surface area contributed by atoms with Crippen LogP contribution in [0.15, 0.2) is 42.5 Å². The van der Waals surface area contributed by atoms with Gasteiger partial charge in [0, 0.05) is 20.5 Å². The van der Waals surface area contributed by atoms with E-state index in [4.69, 9.17) is 0 Å². The zero-order valence-electron chi connectivity index (χ0n) is 14.2. The normalized spacial score (nSPS) is 12.2. The average molecular weight is 312 g/mol. The molecule has 0 radical (unpaired) electrons. The van der Waals surface area contributed by atoms with Gasteiger partial charge in [-0.3, -0.25) is 9.59 Å². The molecule has 23 heavy (non-hydrogen) atoms. The standard InChI is InChI=1S/C19H24N2O2/c1-13(2)18(20-14(3)22)19(23)21(4)12-16-10-7-9-15-8-5-6-11-17(15)16/h5-11,13,18H,12H2,1-4H3,(H,20,22). The van der Waals surface area contributed by atoms with Crippen LogP contribution in [0.1, 0.15) is 26.3 Å². The fourth-order valence-corrected chi connectivity index (χ4v) is 2.73. The zero-order chi connectivity index (χ0) is 17.0. The summed E-state index contributed by atoms with van der Waals surface area (Å²) in [6.07, 6.45) is 0. The summed E-state index contributed by atoms with van der Waals surface area (Å²) >= 11 is 0. The molecule has 1 atom stereocenters. The summed E-state index contributed by atoms with van der Waals surface area (Å²) in [5.74, 6) is -0.208. The molecule has 0 aromatic heterocycles. The Morgan fingerprint density at radius 3 is 2.39 bits per heavy atom. The number of carbonyl (C=O) groups is 2. The molecule has 4 heteroatoms. The largest absolute Gasteiger partial charge is 0.344 e. The van der Waals surface area contributed by atoms with Gasteiger partial charge in [-0.15, -0.1) is 0 Å². The van der Waals surface area contributed by atoms with Gasteiger partial charge in [-0.2, -0.15) is 0 Å². The quantitative estimate of drug-likeness (QED) is 0.923. The average Bonchev–Trinajstić information content (AvgIpc) is 2.52. The van der Waals surface area contributed by atoms with E-state index in [1.165, 1.54) is 6.92 Å². The Hall–Kier alpha value is -2.36. The SMILES string of the molecule is CC(=O)NC(C(=O)N(C)Cc1cccc2ccccc12)C(C)C. The number of nitrogens with one attached hydrogen (secondary N) is 1. The molecular formula is C19H24N2O2. The van der Waals surface area contributed by atoms with E-state index >= 15 is 0 Å². The van der Waals surface area contributed by atoms with E-state index in [9.17, 15) is 9.59 Å². The van der Waals surface area contributed by atoms with Crippen LogP contribution in [-0.4, -0.2) is 29.8 Å². The third kappa shape index (κ3) is 4.09. The summed E-state index contributed by atoms with van der Waals surface area (Å²) < 4.78 is 0. The first-order valence-corrected chi connectivity index (χ1v) is 7.89. The van der Waals surface area contributed by atoms with Crippen molar-refractivity contribution in [2.45, 2.75) is 33.4 Å². The molecule has 0 heterocycles. The second-order valence-electron chi connectivity index (χ2n) is 6.25. The van der Waals surface area contributed by atoms with Gasteiger partial charge in [-0.05, 0) is 22.3 Å².